The second-order valence-electron chi connectivity index (χ2n) is 8.12. The van der Waals surface area contributed by atoms with Gasteiger partial charge >= 0.3 is 0 Å². The lowest BCUT2D eigenvalue weighted by atomic mass is 9.83. The summed E-state index contributed by atoms with van der Waals surface area (Å²) in [6, 6.07) is 1.62. The molecule has 0 aromatic carbocycles. The van der Waals surface area contributed by atoms with Gasteiger partial charge < -0.3 is 19.3 Å². The van der Waals surface area contributed by atoms with Crippen molar-refractivity contribution >= 4 is 6.29 Å². The zero-order valence-electron chi connectivity index (χ0n) is 17.5. The molecule has 29 heavy (non-hydrogen) atoms. The molecule has 0 unspecified atom stereocenters. The maximum Gasteiger partial charge on any atom is 0.214 e. The maximum absolute atomic E-state index is 11.5. The van der Waals surface area contributed by atoms with Crippen LogP contribution in [0.15, 0.2) is 23.4 Å². The van der Waals surface area contributed by atoms with Gasteiger partial charge in [0.1, 0.15) is 19.0 Å². The van der Waals surface area contributed by atoms with Crippen molar-refractivity contribution in [3.63, 3.8) is 0 Å². The normalized spacial score (nSPS) is 18.6. The average Bonchev–Trinajstić information content (AvgIpc) is 2.73. The zero-order valence-corrected chi connectivity index (χ0v) is 17.5. The largest absolute Gasteiger partial charge is 0.487 e. The minimum atomic E-state index is -0.844. The Morgan fingerprint density at radius 3 is 2.72 bits per heavy atom. The molecule has 0 bridgehead atoms. The fraction of sp³-hybridized carbons (Fsp3) is 0.636. The molecule has 1 fully saturated rings. The van der Waals surface area contributed by atoms with Crippen LogP contribution in [0, 0.1) is 0 Å². The quantitative estimate of drug-likeness (QED) is 0.500. The number of nitrogens with zero attached hydrogens (tertiary/aromatic N) is 2. The van der Waals surface area contributed by atoms with Crippen LogP contribution in [0.1, 0.15) is 49.9 Å². The molecule has 2 aliphatic rings. The third kappa shape index (κ3) is 6.26. The monoisotopic (exact) mass is 404 g/mol. The van der Waals surface area contributed by atoms with Gasteiger partial charge in [0.2, 0.25) is 5.88 Å². The van der Waals surface area contributed by atoms with Crippen LogP contribution in [-0.4, -0.2) is 72.9 Å². The van der Waals surface area contributed by atoms with Crippen molar-refractivity contribution in [3.05, 3.63) is 29.0 Å². The van der Waals surface area contributed by atoms with Crippen LogP contribution < -0.4 is 9.47 Å². The topological polar surface area (TPSA) is 81.1 Å². The van der Waals surface area contributed by atoms with E-state index in [-0.39, 0.29) is 0 Å². The van der Waals surface area contributed by atoms with Crippen LogP contribution in [0.5, 0.6) is 11.6 Å². The van der Waals surface area contributed by atoms with E-state index in [1.807, 2.05) is 13.8 Å². The Hall–Kier alpha value is -1.96. The van der Waals surface area contributed by atoms with Crippen LogP contribution in [-0.2, 0) is 4.74 Å². The van der Waals surface area contributed by atoms with Crippen LogP contribution in [0.3, 0.4) is 0 Å². The Kier molecular flexibility index (Phi) is 7.64. The van der Waals surface area contributed by atoms with E-state index in [0.29, 0.717) is 30.4 Å². The molecule has 1 aliphatic carbocycles. The molecule has 0 atom stereocenters. The van der Waals surface area contributed by atoms with Crippen molar-refractivity contribution in [1.82, 2.24) is 9.88 Å². The summed E-state index contributed by atoms with van der Waals surface area (Å²) in [4.78, 5) is 18.1. The van der Waals surface area contributed by atoms with Gasteiger partial charge in [0, 0.05) is 25.7 Å². The first-order valence-electron chi connectivity index (χ1n) is 10.4. The molecule has 7 nitrogen and oxygen atoms in total. The average molecular weight is 405 g/mol. The number of carbonyl (C=O) groups is 1. The van der Waals surface area contributed by atoms with Crippen molar-refractivity contribution in [1.29, 1.82) is 0 Å². The van der Waals surface area contributed by atoms with Crippen molar-refractivity contribution < 1.29 is 24.1 Å². The van der Waals surface area contributed by atoms with E-state index < -0.39 is 5.60 Å². The summed E-state index contributed by atoms with van der Waals surface area (Å²) in [7, 11) is 0. The van der Waals surface area contributed by atoms with Crippen molar-refractivity contribution in [2.45, 2.75) is 45.1 Å². The molecule has 160 valence electrons. The second-order valence-corrected chi connectivity index (χ2v) is 8.12. The maximum atomic E-state index is 11.5. The van der Waals surface area contributed by atoms with E-state index in [1.165, 1.54) is 0 Å². The van der Waals surface area contributed by atoms with E-state index in [1.54, 1.807) is 12.3 Å². The summed E-state index contributed by atoms with van der Waals surface area (Å²) < 4.78 is 17.0. The number of aliphatic hydroxyl groups is 1. The summed E-state index contributed by atoms with van der Waals surface area (Å²) in [5.74, 6) is 0.857. The molecule has 2 heterocycles. The highest BCUT2D eigenvalue weighted by Crippen LogP contribution is 2.33. The summed E-state index contributed by atoms with van der Waals surface area (Å²) in [6.45, 7) is 8.62. The Bertz CT molecular complexity index is 720. The number of hydrogen-bond acceptors (Lipinski definition) is 7. The molecular weight excluding hydrogens is 372 g/mol. The molecule has 1 N–H and O–H groups in total. The van der Waals surface area contributed by atoms with Gasteiger partial charge in [-0.1, -0.05) is 0 Å². The molecule has 1 aromatic rings. The minimum absolute atomic E-state index is 0.360. The summed E-state index contributed by atoms with van der Waals surface area (Å²) in [5.41, 5.74) is 1.74. The van der Waals surface area contributed by atoms with E-state index in [2.05, 4.69) is 9.88 Å². The number of morpholine rings is 1. The molecule has 0 amide bonds. The van der Waals surface area contributed by atoms with Gasteiger partial charge in [-0.25, -0.2) is 4.98 Å². The summed E-state index contributed by atoms with van der Waals surface area (Å²) in [5, 5.41) is 10.4. The number of aldehydes is 1. The number of rotatable bonds is 9. The lowest BCUT2D eigenvalue weighted by molar-refractivity contribution is 0.0320. The van der Waals surface area contributed by atoms with Gasteiger partial charge in [0.05, 0.1) is 30.6 Å². The highest BCUT2D eigenvalue weighted by atomic mass is 16.5. The Balaban J connectivity index is 1.58. The van der Waals surface area contributed by atoms with Gasteiger partial charge in [-0.2, -0.15) is 0 Å². The van der Waals surface area contributed by atoms with Crippen LogP contribution >= 0.6 is 0 Å². The number of carbonyl (C=O) groups excluding carboxylic acids is 1. The summed E-state index contributed by atoms with van der Waals surface area (Å²) in [6.07, 6.45) is 6.27. The predicted octanol–water partition coefficient (Wildman–Crippen LogP) is 2.63. The highest BCUT2D eigenvalue weighted by Gasteiger charge is 2.25. The standard InChI is InChI=1S/C22H32N2O5/c1-22(2,26)19-6-4-3-5-17(19)16-29-20-14-23-21(13-18(20)15-25)28-12-9-24-7-10-27-11-8-24/h13-15,26H,3-12,16H2,1-2H3. The molecule has 0 spiro atoms. The van der Waals surface area contributed by atoms with Crippen molar-refractivity contribution in [2.75, 3.05) is 46.1 Å². The smallest absolute Gasteiger partial charge is 0.214 e. The fourth-order valence-corrected chi connectivity index (χ4v) is 3.86. The SMILES string of the molecule is CC(C)(O)C1=C(COc2cnc(OCCN3CCOCC3)cc2C=O)CCCC1. The fourth-order valence-electron chi connectivity index (χ4n) is 3.86. The Morgan fingerprint density at radius 2 is 2.00 bits per heavy atom. The number of ether oxygens (including phenoxy) is 3. The Morgan fingerprint density at radius 1 is 1.24 bits per heavy atom. The van der Waals surface area contributed by atoms with E-state index in [4.69, 9.17) is 14.2 Å². The van der Waals surface area contributed by atoms with Crippen molar-refractivity contribution in [2.24, 2.45) is 0 Å². The third-order valence-electron chi connectivity index (χ3n) is 5.48. The number of pyridine rings is 1. The molecule has 1 aromatic heterocycles. The first-order chi connectivity index (χ1) is 14.0. The van der Waals surface area contributed by atoms with Crippen molar-refractivity contribution in [3.8, 4) is 11.6 Å². The molecule has 7 heteroatoms. The highest BCUT2D eigenvalue weighted by molar-refractivity contribution is 5.79. The molecule has 1 aliphatic heterocycles. The molecular formula is C22H32N2O5. The van der Waals surface area contributed by atoms with Crippen LogP contribution in [0.25, 0.3) is 0 Å². The second kappa shape index (κ2) is 10.2. The lowest BCUT2D eigenvalue weighted by Crippen LogP contribution is -2.38. The number of hydrogen-bond donors (Lipinski definition) is 1. The number of aromatic nitrogens is 1. The molecule has 0 saturated carbocycles. The molecule has 3 rings (SSSR count). The predicted molar refractivity (Wildman–Crippen MR) is 110 cm³/mol. The van der Waals surface area contributed by atoms with E-state index in [0.717, 1.165) is 76.0 Å². The van der Waals surface area contributed by atoms with E-state index in [9.17, 15) is 9.90 Å². The lowest BCUT2D eigenvalue weighted by Gasteiger charge is -2.29. The first-order valence-corrected chi connectivity index (χ1v) is 10.4. The minimum Gasteiger partial charge on any atom is -0.487 e. The zero-order chi connectivity index (χ0) is 20.7. The van der Waals surface area contributed by atoms with Gasteiger partial charge in [0.15, 0.2) is 6.29 Å². The van der Waals surface area contributed by atoms with Gasteiger partial charge in [-0.05, 0) is 50.7 Å². The first kappa shape index (κ1) is 21.7. The van der Waals surface area contributed by atoms with Gasteiger partial charge in [-0.3, -0.25) is 9.69 Å². The third-order valence-corrected chi connectivity index (χ3v) is 5.48. The molecule has 1 saturated heterocycles. The van der Waals surface area contributed by atoms with Crippen LogP contribution in [0.2, 0.25) is 0 Å². The van der Waals surface area contributed by atoms with Crippen LogP contribution in [0.4, 0.5) is 0 Å². The van der Waals surface area contributed by atoms with E-state index >= 15 is 0 Å². The summed E-state index contributed by atoms with van der Waals surface area (Å²) >= 11 is 0. The Labute approximate surface area is 172 Å². The molecule has 0 radical (unpaired) electrons. The van der Waals surface area contributed by atoms with Gasteiger partial charge in [0.25, 0.3) is 0 Å². The van der Waals surface area contributed by atoms with Gasteiger partial charge in [-0.15, -0.1) is 0 Å².